The predicted octanol–water partition coefficient (Wildman–Crippen LogP) is 3.84. The second-order valence-corrected chi connectivity index (χ2v) is 6.09. The Hall–Kier alpha value is -0.940. The summed E-state index contributed by atoms with van der Waals surface area (Å²) in [7, 11) is 0. The van der Waals surface area contributed by atoms with Crippen LogP contribution in [-0.2, 0) is 5.54 Å². The van der Waals surface area contributed by atoms with Crippen molar-refractivity contribution in [3.8, 4) is 0 Å². The zero-order valence-corrected chi connectivity index (χ0v) is 12.5. The van der Waals surface area contributed by atoms with Gasteiger partial charge in [0, 0.05) is 6.07 Å². The van der Waals surface area contributed by atoms with Crippen molar-refractivity contribution >= 4 is 27.0 Å². The monoisotopic (exact) mass is 325 g/mol. The predicted molar refractivity (Wildman–Crippen MR) is 77.6 cm³/mol. The third kappa shape index (κ3) is 2.19. The van der Waals surface area contributed by atoms with E-state index >= 15 is 0 Å². The summed E-state index contributed by atoms with van der Waals surface area (Å²) in [6, 6.07) is 3.24. The molecule has 0 radical (unpaired) electrons. The van der Waals surface area contributed by atoms with Gasteiger partial charge in [-0.15, -0.1) is 0 Å². The van der Waals surface area contributed by atoms with Crippen LogP contribution in [-0.4, -0.2) is 16.5 Å². The minimum Gasteiger partial charge on any atom is -0.340 e. The van der Waals surface area contributed by atoms with Crippen LogP contribution >= 0.6 is 15.9 Å². The molecule has 0 saturated carbocycles. The van der Waals surface area contributed by atoms with E-state index in [1.807, 2.05) is 0 Å². The lowest BCUT2D eigenvalue weighted by Crippen LogP contribution is -2.37. The van der Waals surface area contributed by atoms with E-state index in [0.717, 1.165) is 49.1 Å². The van der Waals surface area contributed by atoms with Crippen molar-refractivity contribution in [1.82, 2.24) is 15.3 Å². The molecule has 0 bridgehead atoms. The second-order valence-electron chi connectivity index (χ2n) is 5.23. The third-order valence-electron chi connectivity index (χ3n) is 3.90. The Bertz CT molecular complexity index is 563. The van der Waals surface area contributed by atoms with E-state index < -0.39 is 0 Å². The van der Waals surface area contributed by atoms with Crippen LogP contribution in [0.2, 0.25) is 0 Å². The molecule has 1 aromatic carbocycles. The van der Waals surface area contributed by atoms with Gasteiger partial charge in [0.1, 0.15) is 11.6 Å². The van der Waals surface area contributed by atoms with Gasteiger partial charge in [0.25, 0.3) is 0 Å². The van der Waals surface area contributed by atoms with Gasteiger partial charge in [0.2, 0.25) is 0 Å². The first kappa shape index (κ1) is 13.1. The Morgan fingerprint density at radius 1 is 1.47 bits per heavy atom. The third-order valence-corrected chi connectivity index (χ3v) is 4.51. The van der Waals surface area contributed by atoms with Gasteiger partial charge in [-0.3, -0.25) is 0 Å². The van der Waals surface area contributed by atoms with Gasteiger partial charge in [-0.1, -0.05) is 13.3 Å². The number of aromatic nitrogens is 2. The highest BCUT2D eigenvalue weighted by molar-refractivity contribution is 9.10. The standard InChI is InChI=1S/C14H17BrFN3/c1-2-4-14(5-3-6-17-14)13-18-11-7-9(15)10(16)8-12(11)19-13/h7-8,17H,2-6H2,1H3,(H,18,19). The van der Waals surface area contributed by atoms with Crippen LogP contribution in [0, 0.1) is 5.82 Å². The molecular formula is C14H17BrFN3. The molecule has 3 nitrogen and oxygen atoms in total. The van der Waals surface area contributed by atoms with Crippen LogP contribution in [0.4, 0.5) is 4.39 Å². The van der Waals surface area contributed by atoms with Gasteiger partial charge in [-0.25, -0.2) is 9.37 Å². The molecule has 2 N–H and O–H groups in total. The molecule has 1 fully saturated rings. The minimum atomic E-state index is -0.258. The summed E-state index contributed by atoms with van der Waals surface area (Å²) in [5.41, 5.74) is 1.52. The number of aromatic amines is 1. The average molecular weight is 326 g/mol. The van der Waals surface area contributed by atoms with Crippen LogP contribution in [0.1, 0.15) is 38.4 Å². The molecule has 102 valence electrons. The number of hydrogen-bond acceptors (Lipinski definition) is 2. The van der Waals surface area contributed by atoms with E-state index in [2.05, 4.69) is 38.1 Å². The zero-order chi connectivity index (χ0) is 13.5. The molecule has 19 heavy (non-hydrogen) atoms. The van der Waals surface area contributed by atoms with Crippen molar-refractivity contribution in [1.29, 1.82) is 0 Å². The Labute approximate surface area is 120 Å². The average Bonchev–Trinajstić information content (AvgIpc) is 2.98. The van der Waals surface area contributed by atoms with E-state index in [1.54, 1.807) is 6.07 Å². The highest BCUT2D eigenvalue weighted by atomic mass is 79.9. The number of hydrogen-bond donors (Lipinski definition) is 2. The van der Waals surface area contributed by atoms with E-state index in [0.29, 0.717) is 4.47 Å². The summed E-state index contributed by atoms with van der Waals surface area (Å²) in [5, 5.41) is 3.58. The fourth-order valence-corrected chi connectivity index (χ4v) is 3.33. The number of benzene rings is 1. The van der Waals surface area contributed by atoms with Crippen molar-refractivity contribution in [2.45, 2.75) is 38.1 Å². The van der Waals surface area contributed by atoms with Gasteiger partial charge < -0.3 is 10.3 Å². The lowest BCUT2D eigenvalue weighted by molar-refractivity contribution is 0.338. The molecule has 1 saturated heterocycles. The van der Waals surface area contributed by atoms with Gasteiger partial charge in [-0.05, 0) is 47.8 Å². The molecule has 1 unspecified atom stereocenters. The molecule has 1 aliphatic rings. The number of halogens is 2. The molecule has 3 rings (SSSR count). The van der Waals surface area contributed by atoms with E-state index in [-0.39, 0.29) is 11.4 Å². The summed E-state index contributed by atoms with van der Waals surface area (Å²) in [6.07, 6.45) is 4.40. The fraction of sp³-hybridized carbons (Fsp3) is 0.500. The first-order chi connectivity index (χ1) is 9.14. The molecule has 0 aliphatic carbocycles. The molecule has 1 aromatic heterocycles. The number of nitrogens with zero attached hydrogens (tertiary/aromatic N) is 1. The summed E-state index contributed by atoms with van der Waals surface area (Å²) in [4.78, 5) is 7.97. The molecule has 2 aromatic rings. The number of nitrogens with one attached hydrogen (secondary N) is 2. The van der Waals surface area contributed by atoms with Crippen molar-refractivity contribution in [3.63, 3.8) is 0 Å². The topological polar surface area (TPSA) is 40.7 Å². The lowest BCUT2D eigenvalue weighted by Gasteiger charge is -2.26. The SMILES string of the molecule is CCCC1(c2nc3cc(Br)c(F)cc3[nH]2)CCCN1. The van der Waals surface area contributed by atoms with Crippen molar-refractivity contribution in [2.75, 3.05) is 6.54 Å². The molecule has 2 heterocycles. The summed E-state index contributed by atoms with van der Waals surface area (Å²) in [5.74, 6) is 0.686. The molecule has 5 heteroatoms. The number of fused-ring (bicyclic) bond motifs is 1. The summed E-state index contributed by atoms with van der Waals surface area (Å²) in [6.45, 7) is 3.20. The second kappa shape index (κ2) is 4.87. The molecule has 0 spiro atoms. The number of H-pyrrole nitrogens is 1. The van der Waals surface area contributed by atoms with Gasteiger partial charge in [0.05, 0.1) is 21.0 Å². The van der Waals surface area contributed by atoms with Gasteiger partial charge >= 0.3 is 0 Å². The largest absolute Gasteiger partial charge is 0.340 e. The molecule has 1 atom stereocenters. The van der Waals surface area contributed by atoms with Crippen LogP contribution < -0.4 is 5.32 Å². The van der Waals surface area contributed by atoms with Crippen LogP contribution in [0.15, 0.2) is 16.6 Å². The highest BCUT2D eigenvalue weighted by Gasteiger charge is 2.37. The zero-order valence-electron chi connectivity index (χ0n) is 10.9. The summed E-state index contributed by atoms with van der Waals surface area (Å²) >= 11 is 3.21. The van der Waals surface area contributed by atoms with E-state index in [9.17, 15) is 4.39 Å². The number of rotatable bonds is 3. The quantitative estimate of drug-likeness (QED) is 0.900. The van der Waals surface area contributed by atoms with Crippen molar-refractivity contribution in [3.05, 3.63) is 28.2 Å². The maximum absolute atomic E-state index is 13.6. The normalized spacial score (nSPS) is 23.3. The first-order valence-electron chi connectivity index (χ1n) is 6.75. The Morgan fingerprint density at radius 2 is 2.32 bits per heavy atom. The lowest BCUT2D eigenvalue weighted by atomic mass is 9.91. The first-order valence-corrected chi connectivity index (χ1v) is 7.54. The van der Waals surface area contributed by atoms with Gasteiger partial charge in [-0.2, -0.15) is 0 Å². The van der Waals surface area contributed by atoms with Crippen molar-refractivity contribution < 1.29 is 4.39 Å². The van der Waals surface area contributed by atoms with E-state index in [1.165, 1.54) is 6.07 Å². The maximum atomic E-state index is 13.6. The molecule has 0 amide bonds. The van der Waals surface area contributed by atoms with E-state index in [4.69, 9.17) is 0 Å². The maximum Gasteiger partial charge on any atom is 0.139 e. The summed E-state index contributed by atoms with van der Waals surface area (Å²) < 4.78 is 14.0. The van der Waals surface area contributed by atoms with Crippen LogP contribution in [0.25, 0.3) is 11.0 Å². The molecular weight excluding hydrogens is 309 g/mol. The fourth-order valence-electron chi connectivity index (χ4n) is 3.00. The minimum absolute atomic E-state index is 0.0588. The highest BCUT2D eigenvalue weighted by Crippen LogP contribution is 2.35. The van der Waals surface area contributed by atoms with Gasteiger partial charge in [0.15, 0.2) is 0 Å². The van der Waals surface area contributed by atoms with Crippen LogP contribution in [0.3, 0.4) is 0 Å². The Morgan fingerprint density at radius 3 is 3.00 bits per heavy atom. The smallest absolute Gasteiger partial charge is 0.139 e. The van der Waals surface area contributed by atoms with Crippen molar-refractivity contribution in [2.24, 2.45) is 0 Å². The Balaban J connectivity index is 2.09. The number of imidazole rings is 1. The Kier molecular flexibility index (Phi) is 3.35. The molecule has 1 aliphatic heterocycles. The van der Waals surface area contributed by atoms with Crippen LogP contribution in [0.5, 0.6) is 0 Å².